The molecule has 0 unspecified atom stereocenters. The van der Waals surface area contributed by atoms with Crippen molar-refractivity contribution in [1.82, 2.24) is 20.0 Å². The summed E-state index contributed by atoms with van der Waals surface area (Å²) >= 11 is 1.26. The van der Waals surface area contributed by atoms with Crippen LogP contribution in [0.4, 0.5) is 9.93 Å². The van der Waals surface area contributed by atoms with E-state index in [1.165, 1.54) is 11.3 Å². The van der Waals surface area contributed by atoms with Gasteiger partial charge in [-0.1, -0.05) is 47.7 Å². The molecule has 3 aromatic rings. The predicted molar refractivity (Wildman–Crippen MR) is 114 cm³/mol. The quantitative estimate of drug-likeness (QED) is 0.681. The fourth-order valence-corrected chi connectivity index (χ4v) is 3.59. The maximum absolute atomic E-state index is 12.9. The van der Waals surface area contributed by atoms with Gasteiger partial charge in [-0.3, -0.25) is 10.1 Å². The first-order chi connectivity index (χ1) is 14.7. The number of anilines is 1. The number of amides is 3. The Kier molecular flexibility index (Phi) is 6.19. The number of benzene rings is 2. The molecule has 0 radical (unpaired) electrons. The van der Waals surface area contributed by atoms with Gasteiger partial charge < -0.3 is 14.5 Å². The molecule has 1 aliphatic heterocycles. The zero-order valence-corrected chi connectivity index (χ0v) is 17.0. The standard InChI is InChI=1S/C21H21N5O3S/c27-19(17-7-4-8-18(13-17)29-14-16-5-2-1-3-6-16)25-9-11-26(12-10-25)21(28)23-20-24-22-15-30-20/h1-8,13,15H,9-12,14H2,(H,23,24,28). The highest BCUT2D eigenvalue weighted by Gasteiger charge is 2.25. The van der Waals surface area contributed by atoms with Crippen molar-refractivity contribution in [2.75, 3.05) is 31.5 Å². The molecule has 0 saturated carbocycles. The predicted octanol–water partition coefficient (Wildman–Crippen LogP) is 3.11. The number of carbonyl (C=O) groups is 2. The summed E-state index contributed by atoms with van der Waals surface area (Å²) in [5.74, 6) is 0.587. The molecule has 1 fully saturated rings. The average molecular weight is 423 g/mol. The van der Waals surface area contributed by atoms with Crippen LogP contribution in [-0.2, 0) is 6.61 Å². The highest BCUT2D eigenvalue weighted by Crippen LogP contribution is 2.18. The topological polar surface area (TPSA) is 87.7 Å². The van der Waals surface area contributed by atoms with Gasteiger partial charge in [0.1, 0.15) is 17.9 Å². The van der Waals surface area contributed by atoms with E-state index in [9.17, 15) is 9.59 Å². The normalized spacial score (nSPS) is 13.7. The number of carbonyl (C=O) groups excluding carboxylic acids is 2. The summed E-state index contributed by atoms with van der Waals surface area (Å²) in [7, 11) is 0. The van der Waals surface area contributed by atoms with Gasteiger partial charge in [-0.05, 0) is 23.8 Å². The molecule has 2 heterocycles. The Balaban J connectivity index is 1.31. The summed E-state index contributed by atoms with van der Waals surface area (Å²) in [5.41, 5.74) is 3.20. The van der Waals surface area contributed by atoms with E-state index in [-0.39, 0.29) is 11.9 Å². The Labute approximate surface area is 178 Å². The first kappa shape index (κ1) is 19.8. The molecule has 0 atom stereocenters. The molecule has 4 rings (SSSR count). The lowest BCUT2D eigenvalue weighted by molar-refractivity contribution is 0.0671. The highest BCUT2D eigenvalue weighted by atomic mass is 32.1. The Morgan fingerprint density at radius 3 is 2.50 bits per heavy atom. The van der Waals surface area contributed by atoms with E-state index < -0.39 is 0 Å². The SMILES string of the molecule is O=C(Nc1nncs1)N1CCN(C(=O)c2cccc(OCc3ccccc3)c2)CC1. The molecule has 1 saturated heterocycles. The zero-order chi connectivity index (χ0) is 20.8. The molecule has 1 N–H and O–H groups in total. The van der Waals surface area contributed by atoms with Crippen LogP contribution in [0.3, 0.4) is 0 Å². The number of piperazine rings is 1. The Bertz CT molecular complexity index is 989. The van der Waals surface area contributed by atoms with E-state index in [1.54, 1.807) is 27.4 Å². The molecule has 3 amide bonds. The van der Waals surface area contributed by atoms with Gasteiger partial charge in [0.25, 0.3) is 5.91 Å². The molecule has 30 heavy (non-hydrogen) atoms. The summed E-state index contributed by atoms with van der Waals surface area (Å²) in [6.07, 6.45) is 0. The van der Waals surface area contributed by atoms with Crippen LogP contribution >= 0.6 is 11.3 Å². The maximum atomic E-state index is 12.9. The van der Waals surface area contributed by atoms with Gasteiger partial charge in [-0.25, -0.2) is 4.79 Å². The summed E-state index contributed by atoms with van der Waals surface area (Å²) in [5, 5.41) is 10.7. The summed E-state index contributed by atoms with van der Waals surface area (Å²) in [4.78, 5) is 28.6. The van der Waals surface area contributed by atoms with Crippen molar-refractivity contribution in [2.24, 2.45) is 0 Å². The lowest BCUT2D eigenvalue weighted by Gasteiger charge is -2.34. The number of ether oxygens (including phenoxy) is 1. The lowest BCUT2D eigenvalue weighted by atomic mass is 10.1. The number of urea groups is 1. The Hall–Kier alpha value is -3.46. The molecule has 0 bridgehead atoms. The van der Waals surface area contributed by atoms with Crippen molar-refractivity contribution in [2.45, 2.75) is 6.61 Å². The number of aromatic nitrogens is 2. The van der Waals surface area contributed by atoms with Crippen molar-refractivity contribution in [1.29, 1.82) is 0 Å². The number of hydrogen-bond donors (Lipinski definition) is 1. The second-order valence-corrected chi connectivity index (χ2v) is 7.59. The van der Waals surface area contributed by atoms with Crippen LogP contribution in [0.1, 0.15) is 15.9 Å². The molecule has 8 nitrogen and oxygen atoms in total. The monoisotopic (exact) mass is 423 g/mol. The van der Waals surface area contributed by atoms with Crippen LogP contribution in [0, 0.1) is 0 Å². The van der Waals surface area contributed by atoms with Crippen LogP contribution in [0.15, 0.2) is 60.1 Å². The minimum Gasteiger partial charge on any atom is -0.489 e. The molecule has 154 valence electrons. The van der Waals surface area contributed by atoms with Gasteiger partial charge in [0.15, 0.2) is 0 Å². The molecular formula is C21H21N5O3S. The fraction of sp³-hybridized carbons (Fsp3) is 0.238. The number of nitrogens with one attached hydrogen (secondary N) is 1. The first-order valence-electron chi connectivity index (χ1n) is 9.57. The van der Waals surface area contributed by atoms with Crippen molar-refractivity contribution < 1.29 is 14.3 Å². The van der Waals surface area contributed by atoms with Gasteiger partial charge in [-0.2, -0.15) is 0 Å². The van der Waals surface area contributed by atoms with E-state index in [0.717, 1.165) is 5.56 Å². The van der Waals surface area contributed by atoms with Crippen molar-refractivity contribution >= 4 is 28.4 Å². The lowest BCUT2D eigenvalue weighted by Crippen LogP contribution is -2.51. The number of nitrogens with zero attached hydrogens (tertiary/aromatic N) is 4. The van der Waals surface area contributed by atoms with E-state index in [2.05, 4.69) is 15.5 Å². The molecule has 9 heteroatoms. The zero-order valence-electron chi connectivity index (χ0n) is 16.2. The van der Waals surface area contributed by atoms with Crippen LogP contribution in [0.25, 0.3) is 0 Å². The van der Waals surface area contributed by atoms with Crippen molar-refractivity contribution in [3.63, 3.8) is 0 Å². The van der Waals surface area contributed by atoms with Gasteiger partial charge >= 0.3 is 6.03 Å². The summed E-state index contributed by atoms with van der Waals surface area (Å²) in [6.45, 7) is 2.30. The van der Waals surface area contributed by atoms with Crippen LogP contribution < -0.4 is 10.1 Å². The summed E-state index contributed by atoms with van der Waals surface area (Å²) < 4.78 is 5.83. The van der Waals surface area contributed by atoms with Gasteiger partial charge in [0.2, 0.25) is 5.13 Å². The number of hydrogen-bond acceptors (Lipinski definition) is 6. The van der Waals surface area contributed by atoms with Gasteiger partial charge in [0.05, 0.1) is 0 Å². The van der Waals surface area contributed by atoms with E-state index >= 15 is 0 Å². The first-order valence-corrected chi connectivity index (χ1v) is 10.5. The average Bonchev–Trinajstić information content (AvgIpc) is 3.31. The molecule has 0 spiro atoms. The van der Waals surface area contributed by atoms with Gasteiger partial charge in [0, 0.05) is 31.7 Å². The minimum absolute atomic E-state index is 0.0654. The third kappa shape index (κ3) is 4.93. The van der Waals surface area contributed by atoms with Crippen LogP contribution in [0.2, 0.25) is 0 Å². The second-order valence-electron chi connectivity index (χ2n) is 6.76. The minimum atomic E-state index is -0.227. The summed E-state index contributed by atoms with van der Waals surface area (Å²) in [6, 6.07) is 16.9. The van der Waals surface area contributed by atoms with E-state index in [4.69, 9.17) is 4.74 Å². The van der Waals surface area contributed by atoms with E-state index in [0.29, 0.717) is 49.2 Å². The molecule has 2 aromatic carbocycles. The largest absolute Gasteiger partial charge is 0.489 e. The third-order valence-electron chi connectivity index (χ3n) is 4.76. The van der Waals surface area contributed by atoms with Crippen molar-refractivity contribution in [3.05, 3.63) is 71.2 Å². The molecular weight excluding hydrogens is 402 g/mol. The second kappa shape index (κ2) is 9.36. The Morgan fingerprint density at radius 2 is 1.77 bits per heavy atom. The smallest absolute Gasteiger partial charge is 0.323 e. The maximum Gasteiger partial charge on any atom is 0.323 e. The third-order valence-corrected chi connectivity index (χ3v) is 5.36. The molecule has 1 aliphatic rings. The fourth-order valence-electron chi connectivity index (χ4n) is 3.15. The van der Waals surface area contributed by atoms with Gasteiger partial charge in [-0.15, -0.1) is 10.2 Å². The number of rotatable bonds is 5. The van der Waals surface area contributed by atoms with Crippen LogP contribution in [-0.4, -0.2) is 58.1 Å². The highest BCUT2D eigenvalue weighted by molar-refractivity contribution is 7.13. The van der Waals surface area contributed by atoms with E-state index in [1.807, 2.05) is 42.5 Å². The molecule has 0 aliphatic carbocycles. The Morgan fingerprint density at radius 1 is 1.00 bits per heavy atom. The molecule has 1 aromatic heterocycles. The van der Waals surface area contributed by atoms with Crippen molar-refractivity contribution in [3.8, 4) is 5.75 Å². The van der Waals surface area contributed by atoms with Crippen LogP contribution in [0.5, 0.6) is 5.75 Å².